The van der Waals surface area contributed by atoms with Gasteiger partial charge in [-0.15, -0.1) is 4.40 Å². The van der Waals surface area contributed by atoms with Gasteiger partial charge in [0.1, 0.15) is 5.84 Å². The van der Waals surface area contributed by atoms with Gasteiger partial charge >= 0.3 is 0 Å². The lowest BCUT2D eigenvalue weighted by molar-refractivity contribution is 0.102. The first kappa shape index (κ1) is 21.0. The van der Waals surface area contributed by atoms with Crippen LogP contribution >= 0.6 is 0 Å². The standard InChI is InChI=1S/C23H24N4O3S/c1-15-9-10-21-17(12-15)13-20(16(2)24-21)23(28)25-18-6-4-7-19(14-18)31(29,30)26-22-8-5-11-27(22)3/h4,6-7,9-10,12-14H,5,8,11H2,1-3H3,(H,25,28)/b26-22+. The summed E-state index contributed by atoms with van der Waals surface area (Å²) < 4.78 is 29.5. The van der Waals surface area contributed by atoms with Crippen molar-refractivity contribution in [1.82, 2.24) is 9.88 Å². The fourth-order valence-corrected chi connectivity index (χ4v) is 4.80. The molecule has 3 aromatic rings. The first-order chi connectivity index (χ1) is 14.7. The van der Waals surface area contributed by atoms with Crippen molar-refractivity contribution in [2.75, 3.05) is 18.9 Å². The molecule has 4 rings (SSSR count). The molecule has 0 radical (unpaired) electrons. The van der Waals surface area contributed by atoms with Crippen LogP contribution in [0.5, 0.6) is 0 Å². The predicted octanol–water partition coefficient (Wildman–Crippen LogP) is 3.92. The molecule has 0 bridgehead atoms. The zero-order chi connectivity index (χ0) is 22.2. The Bertz CT molecular complexity index is 1320. The summed E-state index contributed by atoms with van der Waals surface area (Å²) in [5, 5.41) is 3.67. The fraction of sp³-hybridized carbons (Fsp3) is 0.261. The Balaban J connectivity index is 1.61. The van der Waals surface area contributed by atoms with Crippen molar-refractivity contribution >= 4 is 38.4 Å². The Hall–Kier alpha value is -3.26. The van der Waals surface area contributed by atoms with E-state index in [1.54, 1.807) is 19.1 Å². The molecule has 1 saturated heterocycles. The molecule has 8 heteroatoms. The maximum Gasteiger partial charge on any atom is 0.284 e. The van der Waals surface area contributed by atoms with Crippen molar-refractivity contribution in [3.63, 3.8) is 0 Å². The van der Waals surface area contributed by atoms with Crippen LogP contribution in [0.25, 0.3) is 10.9 Å². The molecule has 1 N–H and O–H groups in total. The number of rotatable bonds is 4. The molecule has 0 saturated carbocycles. The number of hydrogen-bond acceptors (Lipinski definition) is 4. The molecule has 7 nitrogen and oxygen atoms in total. The molecule has 1 aliphatic heterocycles. The topological polar surface area (TPSA) is 91.7 Å². The van der Waals surface area contributed by atoms with Gasteiger partial charge in [-0.2, -0.15) is 8.42 Å². The summed E-state index contributed by atoms with van der Waals surface area (Å²) >= 11 is 0. The molecule has 0 aliphatic carbocycles. The van der Waals surface area contributed by atoms with Gasteiger partial charge < -0.3 is 10.2 Å². The van der Waals surface area contributed by atoms with Crippen LogP contribution in [0.1, 0.15) is 34.5 Å². The number of sulfonamides is 1. The highest BCUT2D eigenvalue weighted by Crippen LogP contribution is 2.22. The van der Waals surface area contributed by atoms with Crippen LogP contribution in [0.2, 0.25) is 0 Å². The maximum absolute atomic E-state index is 12.9. The number of pyridine rings is 1. The van der Waals surface area contributed by atoms with Gasteiger partial charge in [-0.3, -0.25) is 9.78 Å². The van der Waals surface area contributed by atoms with Crippen molar-refractivity contribution in [1.29, 1.82) is 0 Å². The number of nitrogens with zero attached hydrogens (tertiary/aromatic N) is 3. The number of benzene rings is 2. The van der Waals surface area contributed by atoms with Crippen LogP contribution in [0.4, 0.5) is 5.69 Å². The van der Waals surface area contributed by atoms with E-state index < -0.39 is 10.0 Å². The predicted molar refractivity (Wildman–Crippen MR) is 122 cm³/mol. The number of anilines is 1. The first-order valence-corrected chi connectivity index (χ1v) is 11.5. The molecule has 1 amide bonds. The van der Waals surface area contributed by atoms with E-state index in [9.17, 15) is 13.2 Å². The summed E-state index contributed by atoms with van der Waals surface area (Å²) in [6.07, 6.45) is 1.53. The van der Waals surface area contributed by atoms with E-state index in [0.717, 1.165) is 29.4 Å². The van der Waals surface area contributed by atoms with Crippen LogP contribution in [0, 0.1) is 13.8 Å². The second-order valence-corrected chi connectivity index (χ2v) is 9.41. The minimum absolute atomic E-state index is 0.0436. The van der Waals surface area contributed by atoms with Crippen LogP contribution in [0.15, 0.2) is 57.8 Å². The maximum atomic E-state index is 12.9. The van der Waals surface area contributed by atoms with Gasteiger partial charge in [-0.05, 0) is 56.7 Å². The molecule has 0 unspecified atom stereocenters. The summed E-state index contributed by atoms with van der Waals surface area (Å²) in [5.41, 5.74) is 3.34. The second kappa shape index (κ2) is 8.11. The monoisotopic (exact) mass is 436 g/mol. The highest BCUT2D eigenvalue weighted by Gasteiger charge is 2.21. The van der Waals surface area contributed by atoms with Gasteiger partial charge in [0, 0.05) is 31.1 Å². The molecule has 31 heavy (non-hydrogen) atoms. The number of nitrogens with one attached hydrogen (secondary N) is 1. The smallest absolute Gasteiger partial charge is 0.284 e. The second-order valence-electron chi connectivity index (χ2n) is 7.81. The molecule has 160 valence electrons. The third-order valence-electron chi connectivity index (χ3n) is 5.36. The van der Waals surface area contributed by atoms with E-state index in [0.29, 0.717) is 29.2 Å². The van der Waals surface area contributed by atoms with Crippen molar-refractivity contribution in [2.45, 2.75) is 31.6 Å². The highest BCUT2D eigenvalue weighted by atomic mass is 32.2. The number of carbonyl (C=O) groups is 1. The lowest BCUT2D eigenvalue weighted by Gasteiger charge is -2.12. The number of likely N-dealkylation sites (tertiary alicyclic amines) is 1. The van der Waals surface area contributed by atoms with Gasteiger partial charge in [0.2, 0.25) is 0 Å². The number of aromatic nitrogens is 1. The summed E-state index contributed by atoms with van der Waals surface area (Å²) in [5.74, 6) is 0.215. The van der Waals surface area contributed by atoms with E-state index >= 15 is 0 Å². The zero-order valence-electron chi connectivity index (χ0n) is 17.7. The van der Waals surface area contributed by atoms with E-state index in [2.05, 4.69) is 14.7 Å². The summed E-state index contributed by atoms with van der Waals surface area (Å²) in [6.45, 7) is 4.56. The van der Waals surface area contributed by atoms with Gasteiger partial charge in [0.25, 0.3) is 15.9 Å². The minimum atomic E-state index is -3.86. The quantitative estimate of drug-likeness (QED) is 0.669. The van der Waals surface area contributed by atoms with Crippen LogP contribution in [-0.4, -0.2) is 43.6 Å². The largest absolute Gasteiger partial charge is 0.362 e. The average molecular weight is 437 g/mol. The lowest BCUT2D eigenvalue weighted by atomic mass is 10.1. The van der Waals surface area contributed by atoms with Gasteiger partial charge in [0.15, 0.2) is 0 Å². The normalized spacial score (nSPS) is 15.6. The molecule has 1 aliphatic rings. The van der Waals surface area contributed by atoms with Gasteiger partial charge in [-0.1, -0.05) is 17.7 Å². The molecular weight excluding hydrogens is 412 g/mol. The van der Waals surface area contributed by atoms with E-state index in [4.69, 9.17) is 0 Å². The number of amidine groups is 1. The Morgan fingerprint density at radius 2 is 1.94 bits per heavy atom. The Morgan fingerprint density at radius 3 is 2.68 bits per heavy atom. The van der Waals surface area contributed by atoms with Crippen molar-refractivity contribution < 1.29 is 13.2 Å². The SMILES string of the molecule is Cc1ccc2nc(C)c(C(=O)Nc3cccc(S(=O)(=O)/N=C4\CCCN4C)c3)cc2c1. The van der Waals surface area contributed by atoms with Crippen molar-refractivity contribution in [3.05, 3.63) is 65.4 Å². The molecule has 2 heterocycles. The summed E-state index contributed by atoms with van der Waals surface area (Å²) in [6, 6.07) is 13.9. The zero-order valence-corrected chi connectivity index (χ0v) is 18.5. The lowest BCUT2D eigenvalue weighted by Crippen LogP contribution is -2.20. The number of hydrogen-bond donors (Lipinski definition) is 1. The molecule has 0 spiro atoms. The van der Waals surface area contributed by atoms with Crippen LogP contribution < -0.4 is 5.32 Å². The minimum Gasteiger partial charge on any atom is -0.362 e. The van der Waals surface area contributed by atoms with Crippen LogP contribution in [-0.2, 0) is 10.0 Å². The third-order valence-corrected chi connectivity index (χ3v) is 6.66. The number of aryl methyl sites for hydroxylation is 2. The van der Waals surface area contributed by atoms with Crippen molar-refractivity contribution in [2.24, 2.45) is 4.40 Å². The summed E-state index contributed by atoms with van der Waals surface area (Å²) in [4.78, 5) is 19.3. The molecular formula is C23H24N4O3S. The number of amides is 1. The Kier molecular flexibility index (Phi) is 5.49. The van der Waals surface area contributed by atoms with E-state index in [1.165, 1.54) is 12.1 Å². The Labute approximate surface area is 181 Å². The molecule has 1 fully saturated rings. The summed E-state index contributed by atoms with van der Waals surface area (Å²) in [7, 11) is -2.03. The first-order valence-electron chi connectivity index (χ1n) is 10.1. The van der Waals surface area contributed by atoms with E-state index in [-0.39, 0.29) is 10.8 Å². The van der Waals surface area contributed by atoms with E-state index in [1.807, 2.05) is 43.1 Å². The van der Waals surface area contributed by atoms with Gasteiger partial charge in [-0.25, -0.2) is 0 Å². The average Bonchev–Trinajstić information content (AvgIpc) is 3.11. The third kappa shape index (κ3) is 4.44. The van der Waals surface area contributed by atoms with Gasteiger partial charge in [0.05, 0.1) is 21.7 Å². The Morgan fingerprint density at radius 1 is 1.13 bits per heavy atom. The van der Waals surface area contributed by atoms with Crippen molar-refractivity contribution in [3.8, 4) is 0 Å². The fourth-order valence-electron chi connectivity index (χ4n) is 3.66. The molecule has 0 atom stereocenters. The molecule has 1 aromatic heterocycles. The van der Waals surface area contributed by atoms with Crippen LogP contribution in [0.3, 0.4) is 0 Å². The number of carbonyl (C=O) groups excluding carboxylic acids is 1. The molecule has 2 aromatic carbocycles. The highest BCUT2D eigenvalue weighted by molar-refractivity contribution is 7.90. The number of fused-ring (bicyclic) bond motifs is 1.